The minimum Gasteiger partial charge on any atom is -0.479 e. The monoisotopic (exact) mass is 436 g/mol. The van der Waals surface area contributed by atoms with Gasteiger partial charge in [-0.2, -0.15) is 0 Å². The van der Waals surface area contributed by atoms with Gasteiger partial charge in [0.05, 0.1) is 0 Å². The van der Waals surface area contributed by atoms with Crippen LogP contribution in [-0.2, 0) is 14.3 Å². The highest BCUT2D eigenvalue weighted by Gasteiger charge is 2.33. The maximum Gasteiger partial charge on any atom is 0.509 e. The van der Waals surface area contributed by atoms with Gasteiger partial charge in [-0.15, -0.1) is 0 Å². The van der Waals surface area contributed by atoms with Gasteiger partial charge < -0.3 is 14.6 Å². The molecular formula is C26H44O5. The summed E-state index contributed by atoms with van der Waals surface area (Å²) in [6, 6.07) is 0. The van der Waals surface area contributed by atoms with Crippen LogP contribution in [0.15, 0.2) is 23.8 Å². The molecule has 0 radical (unpaired) electrons. The van der Waals surface area contributed by atoms with Crippen molar-refractivity contribution in [3.63, 3.8) is 0 Å². The Hall–Kier alpha value is -1.78. The summed E-state index contributed by atoms with van der Waals surface area (Å²) >= 11 is 0. The standard InChI is InChI=1S/C26H44O5/c1-7-8-9-10-11-12-13-14-23(24(27)28)31-25(29)30-21(4)19(2)15-17-22-18-16-20(3)26(22,5)6/h15-17,19,21-23H,7-14,18H2,1-6H3,(H,27,28). The minimum atomic E-state index is -1.14. The Morgan fingerprint density at radius 2 is 1.74 bits per heavy atom. The maximum absolute atomic E-state index is 12.1. The van der Waals surface area contributed by atoms with E-state index in [-0.39, 0.29) is 11.3 Å². The first-order valence-corrected chi connectivity index (χ1v) is 12.0. The second-order valence-corrected chi connectivity index (χ2v) is 9.62. The van der Waals surface area contributed by atoms with Crippen molar-refractivity contribution in [2.24, 2.45) is 17.3 Å². The van der Waals surface area contributed by atoms with Gasteiger partial charge in [0, 0.05) is 5.92 Å². The Bertz CT molecular complexity index is 619. The number of unbranched alkanes of at least 4 members (excludes halogenated alkanes) is 6. The molecule has 5 nitrogen and oxygen atoms in total. The first-order chi connectivity index (χ1) is 14.6. The second-order valence-electron chi connectivity index (χ2n) is 9.62. The van der Waals surface area contributed by atoms with Gasteiger partial charge in [0.25, 0.3) is 0 Å². The van der Waals surface area contributed by atoms with Gasteiger partial charge in [0.1, 0.15) is 6.10 Å². The molecule has 5 heteroatoms. The molecule has 0 aromatic heterocycles. The van der Waals surface area contributed by atoms with Crippen molar-refractivity contribution in [2.45, 2.75) is 112 Å². The van der Waals surface area contributed by atoms with E-state index in [4.69, 9.17) is 9.47 Å². The number of aliphatic carboxylic acids is 1. The summed E-state index contributed by atoms with van der Waals surface area (Å²) in [7, 11) is 0. The Morgan fingerprint density at radius 1 is 1.13 bits per heavy atom. The van der Waals surface area contributed by atoms with E-state index in [2.05, 4.69) is 45.9 Å². The number of allylic oxidation sites excluding steroid dienone is 3. The summed E-state index contributed by atoms with van der Waals surface area (Å²) in [5.74, 6) is -0.669. The van der Waals surface area contributed by atoms with E-state index in [9.17, 15) is 14.7 Å². The Balaban J connectivity index is 2.40. The van der Waals surface area contributed by atoms with Gasteiger partial charge in [-0.3, -0.25) is 0 Å². The average Bonchev–Trinajstić information content (AvgIpc) is 2.96. The van der Waals surface area contributed by atoms with Gasteiger partial charge in [0.15, 0.2) is 0 Å². The second kappa shape index (κ2) is 13.6. The molecule has 0 saturated heterocycles. The van der Waals surface area contributed by atoms with Gasteiger partial charge in [0.2, 0.25) is 6.10 Å². The fourth-order valence-electron chi connectivity index (χ4n) is 3.86. The molecule has 0 amide bonds. The molecule has 0 bridgehead atoms. The van der Waals surface area contributed by atoms with Crippen LogP contribution in [0.25, 0.3) is 0 Å². The lowest BCUT2D eigenvalue weighted by atomic mass is 9.77. The molecule has 1 aliphatic rings. The van der Waals surface area contributed by atoms with Crippen LogP contribution in [0.5, 0.6) is 0 Å². The Labute approximate surface area is 189 Å². The van der Waals surface area contributed by atoms with E-state index in [1.807, 2.05) is 13.8 Å². The Morgan fingerprint density at radius 3 is 2.29 bits per heavy atom. The molecular weight excluding hydrogens is 392 g/mol. The molecule has 178 valence electrons. The van der Waals surface area contributed by atoms with Crippen molar-refractivity contribution >= 4 is 12.1 Å². The molecule has 31 heavy (non-hydrogen) atoms. The minimum absolute atomic E-state index is 0.00987. The largest absolute Gasteiger partial charge is 0.509 e. The number of carbonyl (C=O) groups excluding carboxylic acids is 1. The predicted molar refractivity (Wildman–Crippen MR) is 125 cm³/mol. The summed E-state index contributed by atoms with van der Waals surface area (Å²) in [6.45, 7) is 12.7. The molecule has 0 aromatic carbocycles. The lowest BCUT2D eigenvalue weighted by Crippen LogP contribution is -2.30. The summed E-state index contributed by atoms with van der Waals surface area (Å²) in [6.07, 6.45) is 13.1. The summed E-state index contributed by atoms with van der Waals surface area (Å²) in [4.78, 5) is 23.6. The molecule has 1 aliphatic carbocycles. The highest BCUT2D eigenvalue weighted by molar-refractivity contribution is 5.75. The summed E-state index contributed by atoms with van der Waals surface area (Å²) in [5, 5.41) is 9.37. The van der Waals surface area contributed by atoms with Crippen molar-refractivity contribution in [3.8, 4) is 0 Å². The van der Waals surface area contributed by atoms with Gasteiger partial charge in [-0.05, 0) is 44.4 Å². The van der Waals surface area contributed by atoms with Crippen LogP contribution >= 0.6 is 0 Å². The smallest absolute Gasteiger partial charge is 0.479 e. The van der Waals surface area contributed by atoms with Crippen LogP contribution in [0.1, 0.15) is 99.3 Å². The number of hydrogen-bond acceptors (Lipinski definition) is 4. The van der Waals surface area contributed by atoms with Crippen LogP contribution in [0.4, 0.5) is 4.79 Å². The van der Waals surface area contributed by atoms with E-state index in [1.165, 1.54) is 31.3 Å². The SMILES string of the molecule is CCCCCCCCCC(OC(=O)OC(C)C(C)C=CC1CC=C(C)C1(C)C)C(=O)O. The summed E-state index contributed by atoms with van der Waals surface area (Å²) in [5.41, 5.74) is 1.55. The molecule has 1 rings (SSSR count). The fourth-order valence-corrected chi connectivity index (χ4v) is 3.86. The molecule has 0 saturated carbocycles. The average molecular weight is 437 g/mol. The lowest BCUT2D eigenvalue weighted by molar-refractivity contribution is -0.149. The Kier molecular flexibility index (Phi) is 12.0. The molecule has 4 unspecified atom stereocenters. The van der Waals surface area contributed by atoms with Crippen molar-refractivity contribution < 1.29 is 24.2 Å². The normalized spacial score (nSPS) is 20.8. The van der Waals surface area contributed by atoms with Crippen LogP contribution in [-0.4, -0.2) is 29.4 Å². The topological polar surface area (TPSA) is 72.8 Å². The fraction of sp³-hybridized carbons (Fsp3) is 0.769. The predicted octanol–water partition coefficient (Wildman–Crippen LogP) is 7.31. The van der Waals surface area contributed by atoms with E-state index in [1.54, 1.807) is 0 Å². The molecule has 4 atom stereocenters. The van der Waals surface area contributed by atoms with Crippen LogP contribution in [0, 0.1) is 17.3 Å². The zero-order valence-electron chi connectivity index (χ0n) is 20.5. The van der Waals surface area contributed by atoms with Gasteiger partial charge in [-0.25, -0.2) is 9.59 Å². The zero-order chi connectivity index (χ0) is 23.4. The summed E-state index contributed by atoms with van der Waals surface area (Å²) < 4.78 is 10.5. The van der Waals surface area contributed by atoms with Crippen molar-refractivity contribution in [1.29, 1.82) is 0 Å². The van der Waals surface area contributed by atoms with Crippen molar-refractivity contribution in [2.75, 3.05) is 0 Å². The third-order valence-corrected chi connectivity index (χ3v) is 6.87. The van der Waals surface area contributed by atoms with E-state index < -0.39 is 24.3 Å². The van der Waals surface area contributed by atoms with Crippen LogP contribution in [0.3, 0.4) is 0 Å². The molecule has 0 fully saturated rings. The highest BCUT2D eigenvalue weighted by Crippen LogP contribution is 2.43. The van der Waals surface area contributed by atoms with Crippen LogP contribution in [0.2, 0.25) is 0 Å². The molecule has 0 heterocycles. The first kappa shape index (κ1) is 27.3. The number of ether oxygens (including phenoxy) is 2. The van der Waals surface area contributed by atoms with Crippen LogP contribution < -0.4 is 0 Å². The number of hydrogen-bond donors (Lipinski definition) is 1. The maximum atomic E-state index is 12.1. The van der Waals surface area contributed by atoms with E-state index in [0.29, 0.717) is 12.3 Å². The van der Waals surface area contributed by atoms with Crippen molar-refractivity contribution in [1.82, 2.24) is 0 Å². The zero-order valence-corrected chi connectivity index (χ0v) is 20.5. The molecule has 0 spiro atoms. The number of rotatable bonds is 14. The quantitative estimate of drug-likeness (QED) is 0.176. The first-order valence-electron chi connectivity index (χ1n) is 12.0. The number of carbonyl (C=O) groups is 2. The molecule has 0 aliphatic heterocycles. The van der Waals surface area contributed by atoms with E-state index >= 15 is 0 Å². The molecule has 1 N–H and O–H groups in total. The van der Waals surface area contributed by atoms with E-state index in [0.717, 1.165) is 25.7 Å². The number of carboxylic acid groups (broad SMARTS) is 1. The van der Waals surface area contributed by atoms with Gasteiger partial charge in [-0.1, -0.05) is 90.0 Å². The number of carboxylic acids is 1. The third kappa shape index (κ3) is 9.49. The lowest BCUT2D eigenvalue weighted by Gasteiger charge is -2.28. The van der Waals surface area contributed by atoms with Gasteiger partial charge >= 0.3 is 12.1 Å². The third-order valence-electron chi connectivity index (χ3n) is 6.87. The highest BCUT2D eigenvalue weighted by atomic mass is 16.7. The van der Waals surface area contributed by atoms with Crippen molar-refractivity contribution in [3.05, 3.63) is 23.8 Å². The molecule has 0 aromatic rings.